The fourth-order valence-electron chi connectivity index (χ4n) is 2.40. The summed E-state index contributed by atoms with van der Waals surface area (Å²) < 4.78 is 0. The molecule has 0 aliphatic rings. The van der Waals surface area contributed by atoms with E-state index in [-0.39, 0.29) is 5.75 Å². The summed E-state index contributed by atoms with van der Waals surface area (Å²) in [7, 11) is 3.91. The van der Waals surface area contributed by atoms with Gasteiger partial charge in [-0.2, -0.15) is 0 Å². The third-order valence-corrected chi connectivity index (χ3v) is 3.48. The number of nitrogens with zero attached hydrogens (tertiary/aromatic N) is 3. The second-order valence-corrected chi connectivity index (χ2v) is 5.25. The molecule has 0 radical (unpaired) electrons. The van der Waals surface area contributed by atoms with Crippen LogP contribution in [0.5, 0.6) is 5.75 Å². The highest BCUT2D eigenvalue weighted by atomic mass is 16.3. The third-order valence-electron chi connectivity index (χ3n) is 3.48. The van der Waals surface area contributed by atoms with Gasteiger partial charge < -0.3 is 10.0 Å². The lowest BCUT2D eigenvalue weighted by molar-refractivity contribution is 0.477. The summed E-state index contributed by atoms with van der Waals surface area (Å²) in [4.78, 5) is 11.2. The maximum absolute atomic E-state index is 10.0. The molecule has 21 heavy (non-hydrogen) atoms. The van der Waals surface area contributed by atoms with Gasteiger partial charge in [-0.25, -0.2) is 9.97 Å². The first-order chi connectivity index (χ1) is 10.1. The first-order valence-electron chi connectivity index (χ1n) is 6.81. The number of para-hydroxylation sites is 2. The summed E-state index contributed by atoms with van der Waals surface area (Å²) in [5, 5.41) is 11.1. The van der Waals surface area contributed by atoms with E-state index in [1.807, 2.05) is 56.3 Å². The molecule has 0 aliphatic carbocycles. The number of aromatic hydroxyl groups is 1. The minimum Gasteiger partial charge on any atom is -0.507 e. The van der Waals surface area contributed by atoms with E-state index in [0.29, 0.717) is 11.4 Å². The number of aromatic nitrogens is 2. The van der Waals surface area contributed by atoms with Crippen LogP contribution < -0.4 is 4.90 Å². The van der Waals surface area contributed by atoms with Gasteiger partial charge in [-0.15, -0.1) is 0 Å². The van der Waals surface area contributed by atoms with Crippen LogP contribution in [0.2, 0.25) is 0 Å². The molecule has 0 spiro atoms. The molecule has 0 fully saturated rings. The van der Waals surface area contributed by atoms with Crippen LogP contribution in [0.25, 0.3) is 22.3 Å². The van der Waals surface area contributed by atoms with E-state index in [2.05, 4.69) is 9.97 Å². The summed E-state index contributed by atoms with van der Waals surface area (Å²) >= 11 is 0. The van der Waals surface area contributed by atoms with E-state index in [9.17, 15) is 5.11 Å². The Hall–Kier alpha value is -2.62. The Bertz CT molecular complexity index is 812. The Morgan fingerprint density at radius 1 is 0.952 bits per heavy atom. The second-order valence-electron chi connectivity index (χ2n) is 5.25. The average molecular weight is 279 g/mol. The van der Waals surface area contributed by atoms with E-state index in [0.717, 1.165) is 22.3 Å². The Morgan fingerprint density at radius 2 is 1.71 bits per heavy atom. The summed E-state index contributed by atoms with van der Waals surface area (Å²) in [6, 6.07) is 13.2. The lowest BCUT2D eigenvalue weighted by atomic mass is 10.1. The summed E-state index contributed by atoms with van der Waals surface area (Å²) in [5.41, 5.74) is 2.65. The molecule has 0 saturated carbocycles. The van der Waals surface area contributed by atoms with Crippen molar-refractivity contribution in [3.05, 3.63) is 48.0 Å². The molecule has 0 atom stereocenters. The van der Waals surface area contributed by atoms with Crippen LogP contribution in [0.15, 0.2) is 42.5 Å². The number of aryl methyl sites for hydroxylation is 1. The van der Waals surface area contributed by atoms with Gasteiger partial charge >= 0.3 is 0 Å². The second kappa shape index (κ2) is 5.05. The third kappa shape index (κ3) is 2.29. The number of fused-ring (bicyclic) bond motifs is 1. The molecule has 1 heterocycles. The Kier molecular flexibility index (Phi) is 3.22. The molecule has 106 valence electrons. The average Bonchev–Trinajstić information content (AvgIpc) is 2.47. The first kappa shape index (κ1) is 13.4. The van der Waals surface area contributed by atoms with Gasteiger partial charge in [0.15, 0.2) is 5.82 Å². The molecule has 1 aromatic heterocycles. The molecule has 0 bridgehead atoms. The minimum absolute atomic E-state index is 0.190. The zero-order valence-corrected chi connectivity index (χ0v) is 12.3. The predicted octanol–water partition coefficient (Wildman–Crippen LogP) is 3.38. The van der Waals surface area contributed by atoms with E-state index in [1.54, 1.807) is 12.1 Å². The number of phenols is 1. The van der Waals surface area contributed by atoms with Crippen molar-refractivity contribution in [3.8, 4) is 17.1 Å². The summed E-state index contributed by atoms with van der Waals surface area (Å²) in [5.74, 6) is 1.58. The van der Waals surface area contributed by atoms with Gasteiger partial charge in [-0.3, -0.25) is 0 Å². The number of anilines is 1. The molecule has 0 unspecified atom stereocenters. The lowest BCUT2D eigenvalue weighted by Crippen LogP contribution is -2.12. The number of rotatable bonds is 2. The number of hydrogen-bond donors (Lipinski definition) is 1. The van der Waals surface area contributed by atoms with Gasteiger partial charge in [-0.1, -0.05) is 24.3 Å². The molecule has 3 aromatic rings. The van der Waals surface area contributed by atoms with Crippen molar-refractivity contribution in [2.24, 2.45) is 0 Å². The molecule has 1 N–H and O–H groups in total. The minimum atomic E-state index is 0.190. The highest BCUT2D eigenvalue weighted by molar-refractivity contribution is 5.93. The maximum atomic E-state index is 10.0. The van der Waals surface area contributed by atoms with Crippen molar-refractivity contribution in [1.82, 2.24) is 9.97 Å². The van der Waals surface area contributed by atoms with Gasteiger partial charge in [0.1, 0.15) is 11.6 Å². The van der Waals surface area contributed by atoms with Crippen LogP contribution in [-0.2, 0) is 0 Å². The largest absolute Gasteiger partial charge is 0.507 e. The first-order valence-corrected chi connectivity index (χ1v) is 6.81. The van der Waals surface area contributed by atoms with E-state index in [1.165, 1.54) is 0 Å². The van der Waals surface area contributed by atoms with Gasteiger partial charge in [-0.05, 0) is 30.7 Å². The normalized spacial score (nSPS) is 10.8. The molecule has 0 aliphatic heterocycles. The molecule has 0 saturated heterocycles. The van der Waals surface area contributed by atoms with E-state index < -0.39 is 0 Å². The van der Waals surface area contributed by atoms with Gasteiger partial charge in [0.25, 0.3) is 0 Å². The Labute approximate surface area is 123 Å². The molecular formula is C17H17N3O. The lowest BCUT2D eigenvalue weighted by Gasteiger charge is -2.16. The monoisotopic (exact) mass is 279 g/mol. The van der Waals surface area contributed by atoms with Crippen molar-refractivity contribution in [2.75, 3.05) is 19.0 Å². The van der Waals surface area contributed by atoms with Gasteiger partial charge in [0.05, 0.1) is 11.1 Å². The summed E-state index contributed by atoms with van der Waals surface area (Å²) in [6.45, 7) is 2.03. The molecule has 3 rings (SSSR count). The van der Waals surface area contributed by atoms with Crippen LogP contribution in [-0.4, -0.2) is 29.2 Å². The SMILES string of the molecule is Cc1cccc2c(N(C)C)nc(-c3ccccc3O)nc12. The highest BCUT2D eigenvalue weighted by Crippen LogP contribution is 2.31. The zero-order valence-electron chi connectivity index (χ0n) is 12.3. The molecule has 2 aromatic carbocycles. The van der Waals surface area contributed by atoms with Crippen LogP contribution in [0.3, 0.4) is 0 Å². The topological polar surface area (TPSA) is 49.2 Å². The van der Waals surface area contributed by atoms with E-state index in [4.69, 9.17) is 0 Å². The predicted molar refractivity (Wildman–Crippen MR) is 85.7 cm³/mol. The van der Waals surface area contributed by atoms with Crippen LogP contribution in [0.4, 0.5) is 5.82 Å². The fourth-order valence-corrected chi connectivity index (χ4v) is 2.40. The van der Waals surface area contributed by atoms with Crippen molar-refractivity contribution < 1.29 is 5.11 Å². The van der Waals surface area contributed by atoms with Crippen LogP contribution in [0, 0.1) is 6.92 Å². The van der Waals surface area contributed by atoms with Crippen molar-refractivity contribution in [3.63, 3.8) is 0 Å². The van der Waals surface area contributed by atoms with Crippen LogP contribution >= 0.6 is 0 Å². The van der Waals surface area contributed by atoms with Crippen molar-refractivity contribution in [1.29, 1.82) is 0 Å². The van der Waals surface area contributed by atoms with Gasteiger partial charge in [0, 0.05) is 19.5 Å². The maximum Gasteiger partial charge on any atom is 0.165 e. The number of hydrogen-bond acceptors (Lipinski definition) is 4. The van der Waals surface area contributed by atoms with Gasteiger partial charge in [0.2, 0.25) is 0 Å². The van der Waals surface area contributed by atoms with Crippen molar-refractivity contribution >= 4 is 16.7 Å². The van der Waals surface area contributed by atoms with E-state index >= 15 is 0 Å². The number of benzene rings is 2. The Balaban J connectivity index is 2.36. The van der Waals surface area contributed by atoms with Crippen molar-refractivity contribution in [2.45, 2.75) is 6.92 Å². The quantitative estimate of drug-likeness (QED) is 0.781. The highest BCUT2D eigenvalue weighted by Gasteiger charge is 2.14. The molecule has 4 nitrogen and oxygen atoms in total. The Morgan fingerprint density at radius 3 is 2.43 bits per heavy atom. The fraction of sp³-hybridized carbons (Fsp3) is 0.176. The zero-order chi connectivity index (χ0) is 15.0. The number of phenolic OH excluding ortho intramolecular Hbond substituents is 1. The standard InChI is InChI=1S/C17H17N3O/c1-11-7-6-9-13-15(11)18-16(19-17(13)20(2)3)12-8-4-5-10-14(12)21/h4-10,21H,1-3H3. The molecular weight excluding hydrogens is 262 g/mol. The molecule has 4 heteroatoms. The smallest absolute Gasteiger partial charge is 0.165 e. The van der Waals surface area contributed by atoms with Crippen LogP contribution in [0.1, 0.15) is 5.56 Å². The summed E-state index contributed by atoms with van der Waals surface area (Å²) in [6.07, 6.45) is 0. The molecule has 0 amide bonds.